The second kappa shape index (κ2) is 8.91. The Morgan fingerprint density at radius 3 is 2.65 bits per heavy atom. The summed E-state index contributed by atoms with van der Waals surface area (Å²) in [4.78, 5) is 23.9. The van der Waals surface area contributed by atoms with Gasteiger partial charge in [0.2, 0.25) is 5.91 Å². The van der Waals surface area contributed by atoms with Crippen molar-refractivity contribution in [3.63, 3.8) is 0 Å². The molecule has 0 bridgehead atoms. The maximum atomic E-state index is 12.0. The zero-order chi connectivity index (χ0) is 17.4. The monoisotopic (exact) mass is 318 g/mol. The van der Waals surface area contributed by atoms with Gasteiger partial charge in [-0.25, -0.2) is 4.79 Å². The Morgan fingerprint density at radius 2 is 2.09 bits per heavy atom. The first-order valence-electron chi connectivity index (χ1n) is 7.42. The molecule has 6 heteroatoms. The van der Waals surface area contributed by atoms with E-state index in [0.29, 0.717) is 12.0 Å². The predicted octanol–water partition coefficient (Wildman–Crippen LogP) is 1.17. The molecule has 2 atom stereocenters. The SMILES string of the molecule is COC(=O)[C@H](Cc1cccc(C#N)c1)NC(=O)[C@H](O)CC(C)C. The van der Waals surface area contributed by atoms with Crippen LogP contribution in [0, 0.1) is 17.2 Å². The molecular formula is C17H22N2O4. The summed E-state index contributed by atoms with van der Waals surface area (Å²) in [5.41, 5.74) is 1.19. The molecule has 0 aliphatic carbocycles. The van der Waals surface area contributed by atoms with E-state index in [9.17, 15) is 14.7 Å². The minimum absolute atomic E-state index is 0.152. The first kappa shape index (κ1) is 18.7. The van der Waals surface area contributed by atoms with Crippen molar-refractivity contribution in [2.75, 3.05) is 7.11 Å². The highest BCUT2D eigenvalue weighted by molar-refractivity contribution is 5.87. The molecule has 1 rings (SSSR count). The fourth-order valence-electron chi connectivity index (χ4n) is 2.16. The Kier molecular flexibility index (Phi) is 7.23. The predicted molar refractivity (Wildman–Crippen MR) is 84.3 cm³/mol. The van der Waals surface area contributed by atoms with Crippen molar-refractivity contribution in [3.8, 4) is 6.07 Å². The van der Waals surface area contributed by atoms with Crippen LogP contribution < -0.4 is 5.32 Å². The van der Waals surface area contributed by atoms with E-state index in [2.05, 4.69) is 5.32 Å². The third-order valence-corrected chi connectivity index (χ3v) is 3.30. The summed E-state index contributed by atoms with van der Waals surface area (Å²) in [7, 11) is 1.23. The Morgan fingerprint density at radius 1 is 1.39 bits per heavy atom. The van der Waals surface area contributed by atoms with Gasteiger partial charge in [-0.3, -0.25) is 4.79 Å². The van der Waals surface area contributed by atoms with Gasteiger partial charge in [-0.15, -0.1) is 0 Å². The van der Waals surface area contributed by atoms with E-state index in [1.54, 1.807) is 24.3 Å². The zero-order valence-electron chi connectivity index (χ0n) is 13.6. The van der Waals surface area contributed by atoms with Crippen molar-refractivity contribution in [2.45, 2.75) is 38.8 Å². The number of esters is 1. The van der Waals surface area contributed by atoms with Gasteiger partial charge in [0.1, 0.15) is 12.1 Å². The van der Waals surface area contributed by atoms with Crippen LogP contribution >= 0.6 is 0 Å². The second-order valence-electron chi connectivity index (χ2n) is 5.75. The molecule has 0 unspecified atom stereocenters. The first-order valence-corrected chi connectivity index (χ1v) is 7.42. The molecule has 2 N–H and O–H groups in total. The molecule has 1 aromatic rings. The molecule has 1 amide bonds. The number of aliphatic hydroxyl groups is 1. The summed E-state index contributed by atoms with van der Waals surface area (Å²) < 4.78 is 4.70. The number of nitrogens with zero attached hydrogens (tertiary/aromatic N) is 1. The average molecular weight is 318 g/mol. The van der Waals surface area contributed by atoms with Crippen molar-refractivity contribution in [3.05, 3.63) is 35.4 Å². The van der Waals surface area contributed by atoms with Gasteiger partial charge in [0, 0.05) is 6.42 Å². The lowest BCUT2D eigenvalue weighted by Crippen LogP contribution is -2.47. The highest BCUT2D eigenvalue weighted by Gasteiger charge is 2.25. The van der Waals surface area contributed by atoms with Gasteiger partial charge in [0.25, 0.3) is 0 Å². The van der Waals surface area contributed by atoms with Crippen molar-refractivity contribution < 1.29 is 19.4 Å². The number of carbonyl (C=O) groups excluding carboxylic acids is 2. The van der Waals surface area contributed by atoms with E-state index in [-0.39, 0.29) is 12.3 Å². The van der Waals surface area contributed by atoms with Crippen LogP contribution in [0.5, 0.6) is 0 Å². The zero-order valence-corrected chi connectivity index (χ0v) is 13.6. The molecule has 23 heavy (non-hydrogen) atoms. The Labute approximate surface area is 136 Å². The lowest BCUT2D eigenvalue weighted by molar-refractivity contribution is -0.146. The molecular weight excluding hydrogens is 296 g/mol. The van der Waals surface area contributed by atoms with E-state index < -0.39 is 24.0 Å². The van der Waals surface area contributed by atoms with Gasteiger partial charge < -0.3 is 15.2 Å². The van der Waals surface area contributed by atoms with Crippen molar-refractivity contribution in [2.24, 2.45) is 5.92 Å². The molecule has 0 aliphatic heterocycles. The number of nitrogens with one attached hydrogen (secondary N) is 1. The quantitative estimate of drug-likeness (QED) is 0.735. The summed E-state index contributed by atoms with van der Waals surface area (Å²) in [6.45, 7) is 3.78. The summed E-state index contributed by atoms with van der Waals surface area (Å²) >= 11 is 0. The number of carbonyl (C=O) groups is 2. The van der Waals surface area contributed by atoms with Crippen LogP contribution in [0.1, 0.15) is 31.4 Å². The van der Waals surface area contributed by atoms with Crippen LogP contribution in [0.2, 0.25) is 0 Å². The van der Waals surface area contributed by atoms with Crippen LogP contribution in [0.25, 0.3) is 0 Å². The maximum Gasteiger partial charge on any atom is 0.328 e. The number of amides is 1. The minimum atomic E-state index is -1.17. The van der Waals surface area contributed by atoms with Gasteiger partial charge >= 0.3 is 5.97 Å². The van der Waals surface area contributed by atoms with Gasteiger partial charge in [0.05, 0.1) is 18.7 Å². The molecule has 0 heterocycles. The fraction of sp³-hybridized carbons (Fsp3) is 0.471. The molecule has 0 saturated heterocycles. The van der Waals surface area contributed by atoms with Crippen LogP contribution in [-0.2, 0) is 20.7 Å². The molecule has 1 aromatic carbocycles. The summed E-state index contributed by atoms with van der Waals surface area (Å²) in [6, 6.07) is 7.87. The Balaban J connectivity index is 2.82. The Hall–Kier alpha value is -2.39. The van der Waals surface area contributed by atoms with E-state index in [1.807, 2.05) is 19.9 Å². The van der Waals surface area contributed by atoms with Gasteiger partial charge in [0.15, 0.2) is 0 Å². The number of hydrogen-bond acceptors (Lipinski definition) is 5. The van der Waals surface area contributed by atoms with Gasteiger partial charge in [-0.2, -0.15) is 5.26 Å². The molecule has 0 saturated carbocycles. The molecule has 6 nitrogen and oxygen atoms in total. The molecule has 0 spiro atoms. The Bertz CT molecular complexity index is 593. The lowest BCUT2D eigenvalue weighted by Gasteiger charge is -2.19. The summed E-state index contributed by atoms with van der Waals surface area (Å²) in [5, 5.41) is 21.3. The normalized spacial score (nSPS) is 13.0. The highest BCUT2D eigenvalue weighted by atomic mass is 16.5. The van der Waals surface area contributed by atoms with Crippen LogP contribution in [0.3, 0.4) is 0 Å². The average Bonchev–Trinajstić information content (AvgIpc) is 2.52. The van der Waals surface area contributed by atoms with Crippen LogP contribution in [0.15, 0.2) is 24.3 Å². The van der Waals surface area contributed by atoms with Crippen molar-refractivity contribution in [1.82, 2.24) is 5.32 Å². The van der Waals surface area contributed by atoms with E-state index >= 15 is 0 Å². The topological polar surface area (TPSA) is 99.4 Å². The van der Waals surface area contributed by atoms with E-state index in [0.717, 1.165) is 5.56 Å². The van der Waals surface area contributed by atoms with E-state index in [4.69, 9.17) is 10.00 Å². The third-order valence-electron chi connectivity index (χ3n) is 3.30. The third kappa shape index (κ3) is 6.09. The number of benzene rings is 1. The lowest BCUT2D eigenvalue weighted by atomic mass is 10.0. The number of hydrogen-bond donors (Lipinski definition) is 2. The second-order valence-corrected chi connectivity index (χ2v) is 5.75. The molecule has 0 aromatic heterocycles. The van der Waals surface area contributed by atoms with Gasteiger partial charge in [-0.1, -0.05) is 26.0 Å². The molecule has 124 valence electrons. The summed E-state index contributed by atoms with van der Waals surface area (Å²) in [6.07, 6.45) is -0.681. The number of methoxy groups -OCH3 is 1. The van der Waals surface area contributed by atoms with Gasteiger partial charge in [-0.05, 0) is 30.0 Å². The standard InChI is InChI=1S/C17H22N2O4/c1-11(2)7-15(20)16(21)19-14(17(22)23-3)9-12-5-4-6-13(8-12)10-18/h4-6,8,11,14-15,20H,7,9H2,1-3H3,(H,19,21)/t14-,15+/m0/s1. The van der Waals surface area contributed by atoms with Crippen LogP contribution in [-0.4, -0.2) is 36.2 Å². The van der Waals surface area contributed by atoms with Crippen LogP contribution in [0.4, 0.5) is 0 Å². The molecule has 0 aliphatic rings. The maximum absolute atomic E-state index is 12.0. The van der Waals surface area contributed by atoms with Crippen molar-refractivity contribution >= 4 is 11.9 Å². The highest BCUT2D eigenvalue weighted by Crippen LogP contribution is 2.10. The number of ether oxygens (including phenoxy) is 1. The molecule has 0 fully saturated rings. The minimum Gasteiger partial charge on any atom is -0.467 e. The number of nitriles is 1. The van der Waals surface area contributed by atoms with E-state index in [1.165, 1.54) is 7.11 Å². The number of aliphatic hydroxyl groups excluding tert-OH is 1. The molecule has 0 radical (unpaired) electrons. The smallest absolute Gasteiger partial charge is 0.328 e. The first-order chi connectivity index (χ1) is 10.9. The van der Waals surface area contributed by atoms with Crippen molar-refractivity contribution in [1.29, 1.82) is 5.26 Å². The number of rotatable bonds is 7. The largest absolute Gasteiger partial charge is 0.467 e. The fourth-order valence-corrected chi connectivity index (χ4v) is 2.16. The summed E-state index contributed by atoms with van der Waals surface area (Å²) in [5.74, 6) is -1.05.